The van der Waals surface area contributed by atoms with Gasteiger partial charge in [-0.1, -0.05) is 13.0 Å². The van der Waals surface area contributed by atoms with E-state index >= 15 is 0 Å². The molecule has 0 unspecified atom stereocenters. The Kier molecular flexibility index (Phi) is 6.33. The van der Waals surface area contributed by atoms with E-state index in [4.69, 9.17) is 10.8 Å². The number of carboxylic acids is 1. The van der Waals surface area contributed by atoms with E-state index in [0.717, 1.165) is 0 Å². The van der Waals surface area contributed by atoms with Crippen LogP contribution in [0.15, 0.2) is 16.9 Å². The molecule has 1 atom stereocenters. The highest BCUT2D eigenvalue weighted by molar-refractivity contribution is 5.77. The highest BCUT2D eigenvalue weighted by Gasteiger charge is 2.08. The molecule has 88 valence electrons. The molecule has 15 heavy (non-hydrogen) atoms. The van der Waals surface area contributed by atoms with Crippen molar-refractivity contribution in [2.24, 2.45) is 16.6 Å². The Hall–Kier alpha value is -1.39. The predicted molar refractivity (Wildman–Crippen MR) is 59.5 cm³/mol. The predicted octanol–water partition coefficient (Wildman–Crippen LogP) is 1.96. The number of amidine groups is 1. The Balaban J connectivity index is 0. The van der Waals surface area contributed by atoms with Crippen molar-refractivity contribution >= 4 is 11.8 Å². The van der Waals surface area contributed by atoms with Gasteiger partial charge in [-0.25, -0.2) is 4.39 Å². The third-order valence-corrected chi connectivity index (χ3v) is 1.87. The zero-order valence-corrected chi connectivity index (χ0v) is 9.03. The molecule has 0 saturated carbocycles. The summed E-state index contributed by atoms with van der Waals surface area (Å²) in [7, 11) is 0. The summed E-state index contributed by atoms with van der Waals surface area (Å²) in [5.74, 6) is -1.36. The second kappa shape index (κ2) is 6.98. The average molecular weight is 218 g/mol. The summed E-state index contributed by atoms with van der Waals surface area (Å²) in [6.45, 7) is 3.11. The van der Waals surface area contributed by atoms with E-state index in [1.807, 2.05) is 0 Å². The number of aliphatic imine (C=N–C) groups is 1. The van der Waals surface area contributed by atoms with Crippen LogP contribution >= 0.6 is 0 Å². The van der Waals surface area contributed by atoms with Crippen LogP contribution in [0.3, 0.4) is 0 Å². The number of rotatable bonds is 6. The molecule has 0 fully saturated rings. The molecule has 0 aliphatic rings. The average Bonchev–Trinajstić information content (AvgIpc) is 2.14. The van der Waals surface area contributed by atoms with Crippen molar-refractivity contribution in [1.82, 2.24) is 0 Å². The van der Waals surface area contributed by atoms with Crippen molar-refractivity contribution in [2.45, 2.75) is 26.7 Å². The van der Waals surface area contributed by atoms with Gasteiger partial charge in [0.15, 0.2) is 0 Å². The quantitative estimate of drug-likeness (QED) is 0.528. The lowest BCUT2D eigenvalue weighted by atomic mass is 10.1. The standard InChI is InChI=1S/C10H17FN2O2.H2/c1-7(10(14)15)4-3-5-9(11)6-13-8(2)12;/h5,7H,3-4,6H2,1-2H3,(H2,12,13)(H,14,15);1H/t7-;/m0./s1. The molecule has 0 aromatic heterocycles. The monoisotopic (exact) mass is 218 g/mol. The molecule has 0 amide bonds. The summed E-state index contributed by atoms with van der Waals surface area (Å²) in [6, 6.07) is 0. The second-order valence-electron chi connectivity index (χ2n) is 3.43. The summed E-state index contributed by atoms with van der Waals surface area (Å²) >= 11 is 0. The maximum absolute atomic E-state index is 13.0. The number of nitrogens with two attached hydrogens (primary N) is 1. The number of allylic oxidation sites excluding steroid dienone is 1. The minimum atomic E-state index is -0.861. The van der Waals surface area contributed by atoms with Crippen LogP contribution in [-0.2, 0) is 4.79 Å². The normalized spacial score (nSPS) is 15.1. The summed E-state index contributed by atoms with van der Waals surface area (Å²) in [5.41, 5.74) is 5.24. The second-order valence-corrected chi connectivity index (χ2v) is 3.43. The molecular formula is C10H19FN2O2. The van der Waals surface area contributed by atoms with E-state index in [-0.39, 0.29) is 13.8 Å². The van der Waals surface area contributed by atoms with Gasteiger partial charge < -0.3 is 10.8 Å². The Morgan fingerprint density at radius 3 is 2.80 bits per heavy atom. The number of nitrogens with zero attached hydrogens (tertiary/aromatic N) is 1. The van der Waals surface area contributed by atoms with Gasteiger partial charge in [0.2, 0.25) is 0 Å². The number of halogens is 1. The van der Waals surface area contributed by atoms with E-state index in [1.54, 1.807) is 13.8 Å². The molecular weight excluding hydrogens is 199 g/mol. The molecule has 0 bridgehead atoms. The third-order valence-electron chi connectivity index (χ3n) is 1.87. The van der Waals surface area contributed by atoms with E-state index in [0.29, 0.717) is 18.7 Å². The topological polar surface area (TPSA) is 75.7 Å². The summed E-state index contributed by atoms with van der Waals surface area (Å²) in [4.78, 5) is 14.1. The van der Waals surface area contributed by atoms with E-state index in [2.05, 4.69) is 4.99 Å². The van der Waals surface area contributed by atoms with Crippen molar-refractivity contribution in [3.8, 4) is 0 Å². The highest BCUT2D eigenvalue weighted by atomic mass is 19.1. The SMILES string of the molecule is CC(N)=NCC(F)=CCC[C@H](C)C(=O)O.[HH]. The van der Waals surface area contributed by atoms with Gasteiger partial charge in [-0.2, -0.15) is 0 Å². The van der Waals surface area contributed by atoms with Gasteiger partial charge in [-0.05, 0) is 19.8 Å². The minimum absolute atomic E-state index is 0. The molecule has 0 radical (unpaired) electrons. The zero-order chi connectivity index (χ0) is 11.8. The Morgan fingerprint density at radius 2 is 2.33 bits per heavy atom. The maximum atomic E-state index is 13.0. The van der Waals surface area contributed by atoms with Gasteiger partial charge in [0, 0.05) is 1.43 Å². The first-order chi connectivity index (χ1) is 6.93. The fourth-order valence-corrected chi connectivity index (χ4v) is 0.878. The van der Waals surface area contributed by atoms with E-state index < -0.39 is 11.9 Å². The number of hydrogen-bond acceptors (Lipinski definition) is 2. The van der Waals surface area contributed by atoms with Crippen molar-refractivity contribution in [2.75, 3.05) is 6.54 Å². The molecule has 4 nitrogen and oxygen atoms in total. The molecule has 0 aliphatic heterocycles. The van der Waals surface area contributed by atoms with Gasteiger partial charge in [-0.15, -0.1) is 0 Å². The number of carbonyl (C=O) groups is 1. The Labute approximate surface area is 90.2 Å². The van der Waals surface area contributed by atoms with Crippen molar-refractivity contribution in [3.63, 3.8) is 0 Å². The first-order valence-corrected chi connectivity index (χ1v) is 4.77. The van der Waals surface area contributed by atoms with Crippen LogP contribution in [0.25, 0.3) is 0 Å². The van der Waals surface area contributed by atoms with Crippen LogP contribution in [0, 0.1) is 5.92 Å². The Morgan fingerprint density at radius 1 is 1.73 bits per heavy atom. The maximum Gasteiger partial charge on any atom is 0.306 e. The summed E-state index contributed by atoms with van der Waals surface area (Å²) in [5, 5.41) is 8.57. The molecule has 0 aromatic rings. The summed E-state index contributed by atoms with van der Waals surface area (Å²) < 4.78 is 13.0. The fraction of sp³-hybridized carbons (Fsp3) is 0.600. The van der Waals surface area contributed by atoms with Crippen molar-refractivity contribution in [3.05, 3.63) is 11.9 Å². The molecule has 0 heterocycles. The van der Waals surface area contributed by atoms with Crippen LogP contribution in [0.4, 0.5) is 4.39 Å². The number of carboxylic acid groups (broad SMARTS) is 1. The first-order valence-electron chi connectivity index (χ1n) is 4.77. The van der Waals surface area contributed by atoms with Crippen LogP contribution in [0.1, 0.15) is 28.1 Å². The number of hydrogen-bond donors (Lipinski definition) is 2. The van der Waals surface area contributed by atoms with Gasteiger partial charge in [-0.3, -0.25) is 9.79 Å². The van der Waals surface area contributed by atoms with Crippen LogP contribution in [0.2, 0.25) is 0 Å². The van der Waals surface area contributed by atoms with Crippen LogP contribution in [0.5, 0.6) is 0 Å². The minimum Gasteiger partial charge on any atom is -0.481 e. The molecule has 0 spiro atoms. The lowest BCUT2D eigenvalue weighted by Gasteiger charge is -2.02. The van der Waals surface area contributed by atoms with E-state index in [9.17, 15) is 9.18 Å². The third kappa shape index (κ3) is 7.66. The van der Waals surface area contributed by atoms with Gasteiger partial charge in [0.05, 0.1) is 18.3 Å². The first kappa shape index (κ1) is 13.6. The molecule has 0 saturated heterocycles. The molecule has 5 heteroatoms. The molecule has 0 rings (SSSR count). The molecule has 0 aliphatic carbocycles. The van der Waals surface area contributed by atoms with Crippen molar-refractivity contribution in [1.29, 1.82) is 0 Å². The van der Waals surface area contributed by atoms with Crippen LogP contribution in [-0.4, -0.2) is 23.5 Å². The zero-order valence-electron chi connectivity index (χ0n) is 9.03. The van der Waals surface area contributed by atoms with Gasteiger partial charge >= 0.3 is 5.97 Å². The molecule has 0 aromatic carbocycles. The lowest BCUT2D eigenvalue weighted by Crippen LogP contribution is -2.08. The van der Waals surface area contributed by atoms with E-state index in [1.165, 1.54) is 6.08 Å². The van der Waals surface area contributed by atoms with Gasteiger partial charge in [0.1, 0.15) is 5.83 Å². The van der Waals surface area contributed by atoms with Gasteiger partial charge in [0.25, 0.3) is 0 Å². The lowest BCUT2D eigenvalue weighted by molar-refractivity contribution is -0.141. The summed E-state index contributed by atoms with van der Waals surface area (Å²) in [6.07, 6.45) is 2.18. The van der Waals surface area contributed by atoms with Crippen molar-refractivity contribution < 1.29 is 15.7 Å². The highest BCUT2D eigenvalue weighted by Crippen LogP contribution is 2.08. The van der Waals surface area contributed by atoms with Crippen LogP contribution < -0.4 is 5.73 Å². The number of aliphatic carboxylic acids is 1. The fourth-order valence-electron chi connectivity index (χ4n) is 0.878. The Bertz CT molecular complexity index is 276. The molecule has 3 N–H and O–H groups in total. The smallest absolute Gasteiger partial charge is 0.306 e. The largest absolute Gasteiger partial charge is 0.481 e.